The molecule has 1 aliphatic rings. The first-order valence-electron chi connectivity index (χ1n) is 8.37. The van der Waals surface area contributed by atoms with Crippen LogP contribution < -0.4 is 5.73 Å². The number of hydrogen-bond acceptors (Lipinski definition) is 8. The molecule has 3 aromatic heterocycles. The van der Waals surface area contributed by atoms with Crippen molar-refractivity contribution in [1.82, 2.24) is 24.9 Å². The number of anilines is 1. The van der Waals surface area contributed by atoms with Crippen molar-refractivity contribution in [3.05, 3.63) is 16.0 Å². The molecule has 0 radical (unpaired) electrons. The first-order chi connectivity index (χ1) is 12.0. The summed E-state index contributed by atoms with van der Waals surface area (Å²) in [4.78, 5) is 15.9. The van der Waals surface area contributed by atoms with Gasteiger partial charge in [0, 0.05) is 30.1 Å². The van der Waals surface area contributed by atoms with Crippen LogP contribution in [-0.4, -0.2) is 50.1 Å². The van der Waals surface area contributed by atoms with Crippen molar-refractivity contribution in [3.63, 3.8) is 0 Å². The summed E-state index contributed by atoms with van der Waals surface area (Å²) in [6.45, 7) is 8.18. The minimum absolute atomic E-state index is 0.314. The Bertz CT molecular complexity index is 976. The van der Waals surface area contributed by atoms with Crippen LogP contribution in [0.15, 0.2) is 0 Å². The van der Waals surface area contributed by atoms with Gasteiger partial charge in [-0.3, -0.25) is 4.90 Å². The van der Waals surface area contributed by atoms with Crippen molar-refractivity contribution in [2.45, 2.75) is 39.8 Å². The van der Waals surface area contributed by atoms with Crippen LogP contribution in [0.4, 0.5) is 5.69 Å². The van der Waals surface area contributed by atoms with Crippen molar-refractivity contribution in [2.24, 2.45) is 0 Å². The topological polar surface area (TPSA) is 98.6 Å². The molecule has 8 nitrogen and oxygen atoms in total. The second kappa shape index (κ2) is 5.92. The van der Waals surface area contributed by atoms with Crippen LogP contribution in [-0.2, 0) is 17.7 Å². The third-order valence-corrected chi connectivity index (χ3v) is 5.89. The van der Waals surface area contributed by atoms with Crippen LogP contribution in [0, 0.1) is 0 Å². The molecule has 9 heteroatoms. The van der Waals surface area contributed by atoms with E-state index in [4.69, 9.17) is 10.5 Å². The van der Waals surface area contributed by atoms with E-state index in [-0.39, 0.29) is 0 Å². The standard InChI is InChI=1S/C16H20N6O2S/c1-4-24-16(23)13-12(17)11-9-5-6-21(8(2)3)7-10(9)14-18-19-20-22(14)15(11)25-13/h8H,4-7,17H2,1-3H3. The number of nitrogens with two attached hydrogens (primary N) is 1. The van der Waals surface area contributed by atoms with Crippen molar-refractivity contribution in [2.75, 3.05) is 18.9 Å². The monoisotopic (exact) mass is 360 g/mol. The number of hydrogen-bond donors (Lipinski definition) is 1. The van der Waals surface area contributed by atoms with E-state index in [9.17, 15) is 4.79 Å². The van der Waals surface area contributed by atoms with Gasteiger partial charge >= 0.3 is 5.97 Å². The molecular formula is C16H20N6O2S. The van der Waals surface area contributed by atoms with Gasteiger partial charge in [-0.05, 0) is 43.2 Å². The third-order valence-electron chi connectivity index (χ3n) is 4.73. The van der Waals surface area contributed by atoms with E-state index < -0.39 is 5.97 Å². The van der Waals surface area contributed by atoms with E-state index in [1.807, 2.05) is 0 Å². The Morgan fingerprint density at radius 3 is 2.92 bits per heavy atom. The summed E-state index contributed by atoms with van der Waals surface area (Å²) in [6, 6.07) is 0.440. The number of thiophene rings is 1. The van der Waals surface area contributed by atoms with Gasteiger partial charge in [-0.2, -0.15) is 4.52 Å². The number of rotatable bonds is 3. The van der Waals surface area contributed by atoms with Crippen LogP contribution in [0.2, 0.25) is 0 Å². The fourth-order valence-corrected chi connectivity index (χ4v) is 4.53. The average molecular weight is 360 g/mol. The second-order valence-electron chi connectivity index (χ2n) is 6.43. The molecule has 132 valence electrons. The van der Waals surface area contributed by atoms with Crippen LogP contribution in [0.5, 0.6) is 0 Å². The number of carbonyl (C=O) groups is 1. The van der Waals surface area contributed by atoms with E-state index in [0.29, 0.717) is 23.2 Å². The zero-order valence-corrected chi connectivity index (χ0v) is 15.3. The van der Waals surface area contributed by atoms with Gasteiger partial charge in [-0.15, -0.1) is 16.4 Å². The van der Waals surface area contributed by atoms with Gasteiger partial charge in [0.1, 0.15) is 9.71 Å². The lowest BCUT2D eigenvalue weighted by molar-refractivity contribution is 0.0533. The SMILES string of the molecule is CCOC(=O)c1sc2c(c1N)c1c(c3nnnn32)CN(C(C)C)CC1. The van der Waals surface area contributed by atoms with E-state index in [0.717, 1.165) is 46.5 Å². The molecule has 0 bridgehead atoms. The van der Waals surface area contributed by atoms with Gasteiger partial charge in [0.2, 0.25) is 0 Å². The lowest BCUT2D eigenvalue weighted by Crippen LogP contribution is -2.36. The number of nitrogens with zero attached hydrogens (tertiary/aromatic N) is 5. The lowest BCUT2D eigenvalue weighted by Gasteiger charge is -2.32. The maximum atomic E-state index is 12.3. The predicted molar refractivity (Wildman–Crippen MR) is 95.8 cm³/mol. The number of fused-ring (bicyclic) bond motifs is 6. The molecule has 0 aliphatic carbocycles. The Balaban J connectivity index is 1.99. The molecule has 1 aliphatic heterocycles. The number of esters is 1. The highest BCUT2D eigenvalue weighted by Crippen LogP contribution is 2.40. The minimum atomic E-state index is -0.393. The Morgan fingerprint density at radius 1 is 1.40 bits per heavy atom. The Hall–Kier alpha value is -2.26. The molecule has 0 aromatic carbocycles. The highest BCUT2D eigenvalue weighted by atomic mass is 32.1. The fourth-order valence-electron chi connectivity index (χ4n) is 3.44. The minimum Gasteiger partial charge on any atom is -0.462 e. The quantitative estimate of drug-likeness (QED) is 0.712. The fraction of sp³-hybridized carbons (Fsp3) is 0.500. The summed E-state index contributed by atoms with van der Waals surface area (Å²) >= 11 is 1.29. The van der Waals surface area contributed by atoms with Crippen LogP contribution >= 0.6 is 11.3 Å². The molecule has 0 unspecified atom stereocenters. The van der Waals surface area contributed by atoms with Crippen molar-refractivity contribution in [3.8, 4) is 0 Å². The van der Waals surface area contributed by atoms with Crippen LogP contribution in [0.1, 0.15) is 41.6 Å². The van der Waals surface area contributed by atoms with Gasteiger partial charge in [0.25, 0.3) is 0 Å². The zero-order chi connectivity index (χ0) is 17.7. The summed E-state index contributed by atoms with van der Waals surface area (Å²) < 4.78 is 6.84. The number of nitrogen functional groups attached to an aromatic ring is 1. The van der Waals surface area contributed by atoms with E-state index in [2.05, 4.69) is 34.3 Å². The van der Waals surface area contributed by atoms with Crippen molar-refractivity contribution < 1.29 is 9.53 Å². The van der Waals surface area contributed by atoms with Crippen molar-refractivity contribution >= 4 is 38.9 Å². The Labute approximate surface area is 148 Å². The second-order valence-corrected chi connectivity index (χ2v) is 7.43. The average Bonchev–Trinajstić information content (AvgIpc) is 3.19. The first kappa shape index (κ1) is 16.2. The first-order valence-corrected chi connectivity index (χ1v) is 9.19. The molecule has 3 aromatic rings. The number of tetrazole rings is 1. The van der Waals surface area contributed by atoms with E-state index in [1.54, 1.807) is 11.4 Å². The number of aromatic nitrogens is 4. The van der Waals surface area contributed by atoms with Crippen LogP contribution in [0.3, 0.4) is 0 Å². The molecule has 0 amide bonds. The predicted octanol–water partition coefficient (Wildman–Crippen LogP) is 1.86. The van der Waals surface area contributed by atoms with Crippen molar-refractivity contribution in [1.29, 1.82) is 0 Å². The molecule has 0 saturated heterocycles. The molecule has 0 spiro atoms. The maximum absolute atomic E-state index is 12.3. The van der Waals surface area contributed by atoms with Gasteiger partial charge in [-0.1, -0.05) is 0 Å². The number of ether oxygens (including phenoxy) is 1. The molecule has 0 saturated carbocycles. The summed E-state index contributed by atoms with van der Waals surface area (Å²) in [6.07, 6.45) is 0.858. The van der Waals surface area contributed by atoms with E-state index >= 15 is 0 Å². The van der Waals surface area contributed by atoms with Gasteiger partial charge in [0.15, 0.2) is 5.65 Å². The largest absolute Gasteiger partial charge is 0.462 e. The third kappa shape index (κ3) is 2.37. The highest BCUT2D eigenvalue weighted by Gasteiger charge is 2.29. The maximum Gasteiger partial charge on any atom is 0.350 e. The molecule has 0 atom stereocenters. The van der Waals surface area contributed by atoms with Gasteiger partial charge in [0.05, 0.1) is 12.3 Å². The highest BCUT2D eigenvalue weighted by molar-refractivity contribution is 7.21. The Kier molecular flexibility index (Phi) is 3.84. The molecule has 4 rings (SSSR count). The summed E-state index contributed by atoms with van der Waals surface area (Å²) in [7, 11) is 0. The molecule has 0 fully saturated rings. The zero-order valence-electron chi connectivity index (χ0n) is 14.4. The van der Waals surface area contributed by atoms with Crippen LogP contribution in [0.25, 0.3) is 15.9 Å². The summed E-state index contributed by atoms with van der Waals surface area (Å²) in [5.41, 5.74) is 9.83. The molecular weight excluding hydrogens is 340 g/mol. The van der Waals surface area contributed by atoms with E-state index in [1.165, 1.54) is 11.3 Å². The number of pyridine rings is 1. The smallest absolute Gasteiger partial charge is 0.350 e. The molecule has 25 heavy (non-hydrogen) atoms. The molecule has 2 N–H and O–H groups in total. The van der Waals surface area contributed by atoms with Gasteiger partial charge in [-0.25, -0.2) is 4.79 Å². The number of carbonyl (C=O) groups excluding carboxylic acids is 1. The lowest BCUT2D eigenvalue weighted by atomic mass is 9.96. The normalized spacial score (nSPS) is 15.2. The van der Waals surface area contributed by atoms with Gasteiger partial charge < -0.3 is 10.5 Å². The molecule has 4 heterocycles. The Morgan fingerprint density at radius 2 is 2.20 bits per heavy atom. The summed E-state index contributed by atoms with van der Waals surface area (Å²) in [5.74, 6) is -0.393. The summed E-state index contributed by atoms with van der Waals surface area (Å²) in [5, 5.41) is 13.1.